The van der Waals surface area contributed by atoms with Gasteiger partial charge in [-0.1, -0.05) is 0 Å². The van der Waals surface area contributed by atoms with Gasteiger partial charge in [0.2, 0.25) is 0 Å². The number of rotatable bonds is 2. The van der Waals surface area contributed by atoms with Crippen LogP contribution in [0.4, 0.5) is 0 Å². The first kappa shape index (κ1) is 12.1. The summed E-state index contributed by atoms with van der Waals surface area (Å²) in [6, 6.07) is 2.99. The molecule has 1 aromatic rings. The summed E-state index contributed by atoms with van der Waals surface area (Å²) in [6.45, 7) is 0. The van der Waals surface area contributed by atoms with Crippen molar-refractivity contribution >= 4 is 15.6 Å². The lowest BCUT2D eigenvalue weighted by Crippen LogP contribution is -2.14. The van der Waals surface area contributed by atoms with Crippen LogP contribution in [0.3, 0.4) is 0 Å². The Morgan fingerprint density at radius 1 is 1.29 bits per heavy atom. The van der Waals surface area contributed by atoms with Crippen molar-refractivity contribution in [1.29, 1.82) is 0 Å². The highest BCUT2D eigenvalue weighted by Crippen LogP contribution is 2.31. The molecule has 1 N–H and O–H groups in total. The van der Waals surface area contributed by atoms with E-state index in [4.69, 9.17) is 0 Å². The molecule has 0 saturated carbocycles. The Balaban J connectivity index is 2.58. The molecule has 0 aliphatic heterocycles. The van der Waals surface area contributed by atoms with Gasteiger partial charge >= 0.3 is 0 Å². The van der Waals surface area contributed by atoms with Gasteiger partial charge in [0, 0.05) is 23.8 Å². The second-order valence-electron chi connectivity index (χ2n) is 4.44. The average Bonchev–Trinajstić information content (AvgIpc) is 2.21. The molecular formula is C12H14O4S. The maximum atomic E-state index is 11.7. The molecule has 5 heteroatoms. The quantitative estimate of drug-likeness (QED) is 0.867. The summed E-state index contributed by atoms with van der Waals surface area (Å²) in [4.78, 5) is 11.7. The van der Waals surface area contributed by atoms with Gasteiger partial charge in [0.15, 0.2) is 15.6 Å². The highest BCUT2D eigenvalue weighted by molar-refractivity contribution is 7.89. The van der Waals surface area contributed by atoms with E-state index < -0.39 is 9.84 Å². The van der Waals surface area contributed by atoms with Gasteiger partial charge in [0.25, 0.3) is 0 Å². The molecular weight excluding hydrogens is 240 g/mol. The van der Waals surface area contributed by atoms with Gasteiger partial charge in [-0.15, -0.1) is 0 Å². The number of carbonyl (C=O) groups excluding carboxylic acids is 1. The molecule has 0 amide bonds. The molecule has 1 aliphatic rings. The van der Waals surface area contributed by atoms with Crippen LogP contribution in [0, 0.1) is 0 Å². The van der Waals surface area contributed by atoms with Crippen LogP contribution in [-0.4, -0.2) is 25.6 Å². The summed E-state index contributed by atoms with van der Waals surface area (Å²) in [5.74, 6) is -0.222. The fourth-order valence-corrected chi connectivity index (χ4v) is 3.06. The van der Waals surface area contributed by atoms with E-state index in [9.17, 15) is 18.3 Å². The molecule has 17 heavy (non-hydrogen) atoms. The van der Waals surface area contributed by atoms with Crippen LogP contribution in [0.2, 0.25) is 0 Å². The van der Waals surface area contributed by atoms with E-state index in [2.05, 4.69) is 0 Å². The van der Waals surface area contributed by atoms with E-state index in [1.54, 1.807) is 6.07 Å². The maximum Gasteiger partial charge on any atom is 0.163 e. The molecule has 0 spiro atoms. The lowest BCUT2D eigenvalue weighted by molar-refractivity contribution is 0.0972. The summed E-state index contributed by atoms with van der Waals surface area (Å²) >= 11 is 0. The Morgan fingerprint density at radius 3 is 2.65 bits per heavy atom. The third-order valence-electron chi connectivity index (χ3n) is 2.94. The van der Waals surface area contributed by atoms with Crippen LogP contribution >= 0.6 is 0 Å². The maximum absolute atomic E-state index is 11.7. The summed E-state index contributed by atoms with van der Waals surface area (Å²) in [7, 11) is -3.22. The number of sulfone groups is 1. The van der Waals surface area contributed by atoms with E-state index in [1.807, 2.05) is 0 Å². The topological polar surface area (TPSA) is 71.4 Å². The number of hydrogen-bond donors (Lipinski definition) is 1. The van der Waals surface area contributed by atoms with Crippen LogP contribution in [0.1, 0.15) is 34.3 Å². The van der Waals surface area contributed by atoms with Crippen molar-refractivity contribution in [1.82, 2.24) is 0 Å². The standard InChI is InChI=1S/C12H14O4S/c1-17(15,16)7-10-8-3-2-4-11(13)9(8)5-6-12(10)14/h5-6,14H,2-4,7H2,1H3. The van der Waals surface area contributed by atoms with E-state index in [1.165, 1.54) is 6.07 Å². The van der Waals surface area contributed by atoms with Crippen LogP contribution in [-0.2, 0) is 22.0 Å². The Hall–Kier alpha value is -1.36. The third-order valence-corrected chi connectivity index (χ3v) is 3.76. The van der Waals surface area contributed by atoms with Gasteiger partial charge in [-0.2, -0.15) is 0 Å². The van der Waals surface area contributed by atoms with E-state index in [0.717, 1.165) is 6.26 Å². The number of ketones is 1. The minimum absolute atomic E-state index is 0.0287. The van der Waals surface area contributed by atoms with Gasteiger partial charge < -0.3 is 5.11 Å². The van der Waals surface area contributed by atoms with Crippen LogP contribution in [0.15, 0.2) is 12.1 Å². The number of phenolic OH excluding ortho intramolecular Hbond substituents is 1. The highest BCUT2D eigenvalue weighted by atomic mass is 32.2. The fourth-order valence-electron chi connectivity index (χ4n) is 2.21. The van der Waals surface area contributed by atoms with Crippen molar-refractivity contribution in [2.24, 2.45) is 0 Å². The Bertz CT molecular complexity index is 572. The Morgan fingerprint density at radius 2 is 2.00 bits per heavy atom. The summed E-state index contributed by atoms with van der Waals surface area (Å²) in [5.41, 5.74) is 1.65. The number of aromatic hydroxyl groups is 1. The van der Waals surface area contributed by atoms with Crippen molar-refractivity contribution in [3.63, 3.8) is 0 Å². The van der Waals surface area contributed by atoms with Gasteiger partial charge in [0.05, 0.1) is 5.75 Å². The minimum atomic E-state index is -3.22. The second-order valence-corrected chi connectivity index (χ2v) is 6.58. The van der Waals surface area contributed by atoms with Crippen molar-refractivity contribution in [2.45, 2.75) is 25.0 Å². The molecule has 2 rings (SSSR count). The predicted molar refractivity (Wildman–Crippen MR) is 63.9 cm³/mol. The molecule has 0 aromatic heterocycles. The molecule has 0 saturated heterocycles. The van der Waals surface area contributed by atoms with E-state index in [0.29, 0.717) is 36.0 Å². The first-order valence-electron chi connectivity index (χ1n) is 5.43. The molecule has 0 heterocycles. The molecule has 1 aromatic carbocycles. The van der Waals surface area contributed by atoms with Crippen molar-refractivity contribution in [3.05, 3.63) is 28.8 Å². The van der Waals surface area contributed by atoms with E-state index >= 15 is 0 Å². The molecule has 1 aliphatic carbocycles. The lowest BCUT2D eigenvalue weighted by atomic mass is 9.87. The molecule has 4 nitrogen and oxygen atoms in total. The molecule has 0 radical (unpaired) electrons. The van der Waals surface area contributed by atoms with Crippen molar-refractivity contribution < 1.29 is 18.3 Å². The van der Waals surface area contributed by atoms with Crippen molar-refractivity contribution in [2.75, 3.05) is 6.26 Å². The van der Waals surface area contributed by atoms with Crippen LogP contribution in [0.25, 0.3) is 0 Å². The zero-order chi connectivity index (χ0) is 12.6. The summed E-state index contributed by atoms with van der Waals surface area (Å²) in [6.07, 6.45) is 2.99. The first-order valence-corrected chi connectivity index (χ1v) is 7.49. The zero-order valence-corrected chi connectivity index (χ0v) is 10.4. The monoisotopic (exact) mass is 254 g/mol. The second kappa shape index (κ2) is 4.14. The number of benzene rings is 1. The number of hydrogen-bond acceptors (Lipinski definition) is 4. The fraction of sp³-hybridized carbons (Fsp3) is 0.417. The minimum Gasteiger partial charge on any atom is -0.508 e. The smallest absolute Gasteiger partial charge is 0.163 e. The number of fused-ring (bicyclic) bond motifs is 1. The zero-order valence-electron chi connectivity index (χ0n) is 9.56. The third kappa shape index (κ3) is 2.49. The van der Waals surface area contributed by atoms with Gasteiger partial charge in [-0.3, -0.25) is 4.79 Å². The van der Waals surface area contributed by atoms with Gasteiger partial charge in [0.1, 0.15) is 5.75 Å². The SMILES string of the molecule is CS(=O)(=O)Cc1c(O)ccc2c1CCCC2=O. The van der Waals surface area contributed by atoms with Crippen LogP contribution < -0.4 is 0 Å². The number of Topliss-reactive ketones (excluding diaryl/α,β-unsaturated/α-hetero) is 1. The van der Waals surface area contributed by atoms with Crippen LogP contribution in [0.5, 0.6) is 5.75 Å². The lowest BCUT2D eigenvalue weighted by Gasteiger charge is -2.19. The molecule has 0 unspecified atom stereocenters. The number of carbonyl (C=O) groups is 1. The molecule has 0 fully saturated rings. The predicted octanol–water partition coefficient (Wildman–Crippen LogP) is 1.46. The molecule has 92 valence electrons. The molecule has 0 bridgehead atoms. The van der Waals surface area contributed by atoms with Gasteiger partial charge in [-0.25, -0.2) is 8.42 Å². The largest absolute Gasteiger partial charge is 0.508 e. The summed E-state index contributed by atoms with van der Waals surface area (Å²) in [5, 5.41) is 9.74. The van der Waals surface area contributed by atoms with E-state index in [-0.39, 0.29) is 17.3 Å². The van der Waals surface area contributed by atoms with Crippen molar-refractivity contribution in [3.8, 4) is 5.75 Å². The number of phenols is 1. The summed E-state index contributed by atoms with van der Waals surface area (Å²) < 4.78 is 22.6. The Labute approximate surface area is 100 Å². The first-order chi connectivity index (χ1) is 7.88. The highest BCUT2D eigenvalue weighted by Gasteiger charge is 2.23. The average molecular weight is 254 g/mol. The Kier molecular flexibility index (Phi) is 2.95. The van der Waals surface area contributed by atoms with Gasteiger partial charge in [-0.05, 0) is 30.5 Å². The molecule has 0 atom stereocenters. The normalized spacial score (nSPS) is 15.7.